The van der Waals surface area contributed by atoms with E-state index < -0.39 is 0 Å². The van der Waals surface area contributed by atoms with Gasteiger partial charge in [0, 0.05) is 32.6 Å². The fraction of sp³-hybridized carbons (Fsp3) is 0.364. The molecule has 29 heavy (non-hydrogen) atoms. The van der Waals surface area contributed by atoms with Gasteiger partial charge < -0.3 is 20.3 Å². The van der Waals surface area contributed by atoms with Gasteiger partial charge in [0.15, 0.2) is 5.96 Å². The van der Waals surface area contributed by atoms with Crippen molar-refractivity contribution >= 4 is 35.8 Å². The maximum absolute atomic E-state index is 12.2. The van der Waals surface area contributed by atoms with Gasteiger partial charge in [-0.05, 0) is 29.7 Å². The average molecular weight is 508 g/mol. The predicted octanol–water partition coefficient (Wildman–Crippen LogP) is 2.99. The number of methoxy groups -OCH3 is 1. The molecule has 6 nitrogen and oxygen atoms in total. The van der Waals surface area contributed by atoms with Gasteiger partial charge in [-0.25, -0.2) is 0 Å². The summed E-state index contributed by atoms with van der Waals surface area (Å²) < 4.78 is 5.14. The van der Waals surface area contributed by atoms with Crippen LogP contribution >= 0.6 is 24.0 Å². The Kier molecular flexibility index (Phi) is 9.24. The summed E-state index contributed by atoms with van der Waals surface area (Å²) in [7, 11) is 3.39. The summed E-state index contributed by atoms with van der Waals surface area (Å²) in [5.41, 5.74) is 2.39. The molecule has 1 atom stereocenters. The number of benzene rings is 2. The Hall–Kier alpha value is -2.29. The Morgan fingerprint density at radius 3 is 2.52 bits per heavy atom. The van der Waals surface area contributed by atoms with Crippen LogP contribution in [0.3, 0.4) is 0 Å². The van der Waals surface area contributed by atoms with Crippen molar-refractivity contribution in [3.63, 3.8) is 0 Å². The molecule has 0 saturated carbocycles. The van der Waals surface area contributed by atoms with Crippen LogP contribution in [0.15, 0.2) is 59.6 Å². The lowest BCUT2D eigenvalue weighted by atomic mass is 9.99. The SMILES string of the molecule is CN=C(NCC(=O)NCc1ccc(OC)cc1)N1CCC(c2ccccc2)C1.I. The second kappa shape index (κ2) is 11.6. The largest absolute Gasteiger partial charge is 0.497 e. The predicted molar refractivity (Wildman–Crippen MR) is 127 cm³/mol. The standard InChI is InChI=1S/C22H28N4O2.HI/c1-23-22(26-13-12-19(16-26)18-6-4-3-5-7-18)25-15-21(27)24-14-17-8-10-20(28-2)11-9-17;/h3-11,19H,12-16H2,1-2H3,(H,23,25)(H,24,27);1H. The molecule has 2 aromatic rings. The van der Waals surface area contributed by atoms with Crippen LogP contribution in [0, 0.1) is 0 Å². The first-order valence-electron chi connectivity index (χ1n) is 9.59. The van der Waals surface area contributed by atoms with E-state index in [2.05, 4.69) is 44.8 Å². The van der Waals surface area contributed by atoms with Crippen LogP contribution in [0.1, 0.15) is 23.5 Å². The topological polar surface area (TPSA) is 66.0 Å². The number of ether oxygens (including phenoxy) is 1. The molecule has 156 valence electrons. The number of rotatable bonds is 6. The number of guanidine groups is 1. The van der Waals surface area contributed by atoms with E-state index in [0.717, 1.165) is 36.8 Å². The minimum Gasteiger partial charge on any atom is -0.497 e. The first-order chi connectivity index (χ1) is 13.7. The molecule has 1 fully saturated rings. The number of aliphatic imine (C=N–C) groups is 1. The molecule has 1 heterocycles. The van der Waals surface area contributed by atoms with E-state index in [1.165, 1.54) is 5.56 Å². The van der Waals surface area contributed by atoms with Crippen molar-refractivity contribution in [2.45, 2.75) is 18.9 Å². The molecule has 0 aliphatic carbocycles. The molecule has 0 bridgehead atoms. The number of likely N-dealkylation sites (tertiary alicyclic amines) is 1. The van der Waals surface area contributed by atoms with Gasteiger partial charge in [-0.3, -0.25) is 9.79 Å². The lowest BCUT2D eigenvalue weighted by molar-refractivity contribution is -0.120. The van der Waals surface area contributed by atoms with E-state index in [-0.39, 0.29) is 36.4 Å². The lowest BCUT2D eigenvalue weighted by Crippen LogP contribution is -2.44. The summed E-state index contributed by atoms with van der Waals surface area (Å²) in [5, 5.41) is 6.11. The first-order valence-corrected chi connectivity index (χ1v) is 9.59. The molecule has 1 aliphatic rings. The Morgan fingerprint density at radius 1 is 1.14 bits per heavy atom. The van der Waals surface area contributed by atoms with Crippen molar-refractivity contribution in [3.05, 3.63) is 65.7 Å². The number of hydrogen-bond donors (Lipinski definition) is 2. The maximum Gasteiger partial charge on any atom is 0.239 e. The fourth-order valence-corrected chi connectivity index (χ4v) is 3.45. The summed E-state index contributed by atoms with van der Waals surface area (Å²) >= 11 is 0. The molecule has 2 N–H and O–H groups in total. The second-order valence-corrected chi connectivity index (χ2v) is 6.87. The number of carbonyl (C=O) groups is 1. The van der Waals surface area contributed by atoms with Crippen molar-refractivity contribution in [2.75, 3.05) is 33.8 Å². The van der Waals surface area contributed by atoms with Gasteiger partial charge in [0.1, 0.15) is 5.75 Å². The zero-order valence-corrected chi connectivity index (χ0v) is 19.3. The van der Waals surface area contributed by atoms with E-state index in [0.29, 0.717) is 12.5 Å². The van der Waals surface area contributed by atoms with Crippen LogP contribution in [-0.4, -0.2) is 50.6 Å². The summed E-state index contributed by atoms with van der Waals surface area (Å²) in [4.78, 5) is 18.8. The molecule has 0 aromatic heterocycles. The molecule has 7 heteroatoms. The highest BCUT2D eigenvalue weighted by Crippen LogP contribution is 2.26. The quantitative estimate of drug-likeness (QED) is 0.358. The van der Waals surface area contributed by atoms with Crippen molar-refractivity contribution in [3.8, 4) is 5.75 Å². The highest BCUT2D eigenvalue weighted by Gasteiger charge is 2.26. The normalized spacial score (nSPS) is 16.1. The fourth-order valence-electron chi connectivity index (χ4n) is 3.45. The van der Waals surface area contributed by atoms with Crippen LogP contribution in [-0.2, 0) is 11.3 Å². The highest BCUT2D eigenvalue weighted by atomic mass is 127. The van der Waals surface area contributed by atoms with E-state index in [1.807, 2.05) is 30.3 Å². The maximum atomic E-state index is 12.2. The molecule has 3 rings (SSSR count). The molecule has 1 amide bonds. The van der Waals surface area contributed by atoms with Gasteiger partial charge in [0.05, 0.1) is 13.7 Å². The third-order valence-electron chi connectivity index (χ3n) is 5.03. The van der Waals surface area contributed by atoms with Gasteiger partial charge in [-0.15, -0.1) is 24.0 Å². The Labute approximate surface area is 189 Å². The molecular formula is C22H29IN4O2. The van der Waals surface area contributed by atoms with Crippen LogP contribution < -0.4 is 15.4 Å². The summed E-state index contributed by atoms with van der Waals surface area (Å²) in [6.45, 7) is 2.54. The summed E-state index contributed by atoms with van der Waals surface area (Å²) in [5.74, 6) is 2.03. The van der Waals surface area contributed by atoms with Gasteiger partial charge in [0.2, 0.25) is 5.91 Å². The van der Waals surface area contributed by atoms with Crippen LogP contribution in [0.4, 0.5) is 0 Å². The zero-order valence-electron chi connectivity index (χ0n) is 16.9. The van der Waals surface area contributed by atoms with Crippen LogP contribution in [0.2, 0.25) is 0 Å². The number of halogens is 1. The average Bonchev–Trinajstić information content (AvgIpc) is 3.24. The van der Waals surface area contributed by atoms with Crippen molar-refractivity contribution in [1.82, 2.24) is 15.5 Å². The number of nitrogens with one attached hydrogen (secondary N) is 2. The number of amides is 1. The van der Waals surface area contributed by atoms with Gasteiger partial charge in [0.25, 0.3) is 0 Å². The Morgan fingerprint density at radius 2 is 1.86 bits per heavy atom. The minimum absolute atomic E-state index is 0. The van der Waals surface area contributed by atoms with Crippen molar-refractivity contribution in [1.29, 1.82) is 0 Å². The summed E-state index contributed by atoms with van der Waals surface area (Å²) in [6, 6.07) is 18.2. The first kappa shape index (κ1) is 23.0. The monoisotopic (exact) mass is 508 g/mol. The van der Waals surface area contributed by atoms with Gasteiger partial charge >= 0.3 is 0 Å². The summed E-state index contributed by atoms with van der Waals surface area (Å²) in [6.07, 6.45) is 1.09. The molecular weight excluding hydrogens is 479 g/mol. The van der Waals surface area contributed by atoms with E-state index in [4.69, 9.17) is 4.74 Å². The lowest BCUT2D eigenvalue weighted by Gasteiger charge is -2.21. The number of hydrogen-bond acceptors (Lipinski definition) is 3. The third-order valence-corrected chi connectivity index (χ3v) is 5.03. The zero-order chi connectivity index (χ0) is 19.8. The highest BCUT2D eigenvalue weighted by molar-refractivity contribution is 14.0. The Balaban J connectivity index is 0.00000300. The van der Waals surface area contributed by atoms with E-state index in [9.17, 15) is 4.79 Å². The van der Waals surface area contributed by atoms with Crippen LogP contribution in [0.25, 0.3) is 0 Å². The number of nitrogens with zero attached hydrogens (tertiary/aromatic N) is 2. The Bertz CT molecular complexity index is 796. The third kappa shape index (κ3) is 6.62. The van der Waals surface area contributed by atoms with E-state index in [1.54, 1.807) is 14.2 Å². The van der Waals surface area contributed by atoms with Crippen LogP contribution in [0.5, 0.6) is 5.75 Å². The molecule has 1 unspecified atom stereocenters. The minimum atomic E-state index is -0.0595. The van der Waals surface area contributed by atoms with E-state index >= 15 is 0 Å². The molecule has 1 saturated heterocycles. The smallest absolute Gasteiger partial charge is 0.239 e. The molecule has 0 spiro atoms. The molecule has 0 radical (unpaired) electrons. The van der Waals surface area contributed by atoms with Gasteiger partial charge in [-0.1, -0.05) is 42.5 Å². The molecule has 1 aliphatic heterocycles. The molecule has 2 aromatic carbocycles. The van der Waals surface area contributed by atoms with Crippen molar-refractivity contribution in [2.24, 2.45) is 4.99 Å². The van der Waals surface area contributed by atoms with Crippen molar-refractivity contribution < 1.29 is 9.53 Å². The number of carbonyl (C=O) groups excluding carboxylic acids is 1. The second-order valence-electron chi connectivity index (χ2n) is 6.87. The van der Waals surface area contributed by atoms with Gasteiger partial charge in [-0.2, -0.15) is 0 Å².